The molecule has 0 aliphatic heterocycles. The predicted octanol–water partition coefficient (Wildman–Crippen LogP) is 3.84. The van der Waals surface area contributed by atoms with Crippen molar-refractivity contribution in [3.63, 3.8) is 0 Å². The molecule has 0 spiro atoms. The average molecular weight is 432 g/mol. The Kier molecular flexibility index (Phi) is 8.89. The molecule has 0 saturated heterocycles. The molecule has 2 unspecified atom stereocenters. The lowest BCUT2D eigenvalue weighted by Gasteiger charge is -2.21. The van der Waals surface area contributed by atoms with Crippen LogP contribution in [0.15, 0.2) is 53.0 Å². The van der Waals surface area contributed by atoms with Crippen LogP contribution in [0, 0.1) is 11.7 Å². The smallest absolute Gasteiger partial charge is 0.265 e. The third-order valence-electron chi connectivity index (χ3n) is 3.51. The van der Waals surface area contributed by atoms with E-state index in [4.69, 9.17) is 10.5 Å². The Morgan fingerprint density at radius 1 is 1.28 bits per heavy atom. The molecule has 0 fully saturated rings. The van der Waals surface area contributed by atoms with Gasteiger partial charge in [-0.1, -0.05) is 37.3 Å². The normalized spacial score (nSPS) is 12.6. The Morgan fingerprint density at radius 2 is 1.96 bits per heavy atom. The van der Waals surface area contributed by atoms with E-state index < -0.39 is 6.10 Å². The highest BCUT2D eigenvalue weighted by Gasteiger charge is 2.23. The molecule has 25 heavy (non-hydrogen) atoms. The molecule has 2 rings (SSSR count). The van der Waals surface area contributed by atoms with Crippen LogP contribution in [0.3, 0.4) is 0 Å². The number of hydrogen-bond donors (Lipinski definition) is 2. The number of carbonyl (C=O) groups excluding carboxylic acids is 1. The molecule has 0 aliphatic rings. The molecule has 0 heterocycles. The highest BCUT2D eigenvalue weighted by Crippen LogP contribution is 2.30. The maximum Gasteiger partial charge on any atom is 0.265 e. The summed E-state index contributed by atoms with van der Waals surface area (Å²) in [5, 5.41) is 2.85. The van der Waals surface area contributed by atoms with Gasteiger partial charge < -0.3 is 15.8 Å². The van der Waals surface area contributed by atoms with Gasteiger partial charge in [-0.25, -0.2) is 4.39 Å². The van der Waals surface area contributed by atoms with Crippen molar-refractivity contribution in [1.29, 1.82) is 0 Å². The second-order valence-electron chi connectivity index (χ2n) is 5.57. The maximum absolute atomic E-state index is 13.2. The van der Waals surface area contributed by atoms with Crippen molar-refractivity contribution in [3.05, 3.63) is 64.4 Å². The van der Waals surface area contributed by atoms with E-state index in [1.807, 2.05) is 37.3 Å². The molecule has 0 bridgehead atoms. The summed E-state index contributed by atoms with van der Waals surface area (Å²) in [4.78, 5) is 12.6. The van der Waals surface area contributed by atoms with Gasteiger partial charge in [-0.05, 0) is 46.6 Å². The topological polar surface area (TPSA) is 64.3 Å². The third kappa shape index (κ3) is 6.30. The highest BCUT2D eigenvalue weighted by atomic mass is 79.9. The fraction of sp³-hybridized carbons (Fsp3) is 0.278. The number of rotatable bonds is 7. The molecule has 2 aromatic carbocycles. The van der Waals surface area contributed by atoms with Crippen molar-refractivity contribution in [2.24, 2.45) is 11.7 Å². The number of halogens is 3. The Labute approximate surface area is 161 Å². The minimum absolute atomic E-state index is 0. The number of nitrogens with two attached hydrogens (primary N) is 1. The standard InChI is InChI=1S/C18H20BrFN2O2.ClH/c1-12(10-21)11-22-18(23)17(13-5-3-2-4-6-13)24-16-8-7-14(20)9-15(16)19;/h2-9,12,17H,10-11,21H2,1H3,(H,22,23);1H. The van der Waals surface area contributed by atoms with Crippen LogP contribution in [0.25, 0.3) is 0 Å². The Hall–Kier alpha value is -1.63. The van der Waals surface area contributed by atoms with Crippen LogP contribution in [-0.2, 0) is 4.79 Å². The summed E-state index contributed by atoms with van der Waals surface area (Å²) in [6.07, 6.45) is -0.835. The number of benzene rings is 2. The summed E-state index contributed by atoms with van der Waals surface area (Å²) in [6, 6.07) is 13.2. The lowest BCUT2D eigenvalue weighted by atomic mass is 10.1. The summed E-state index contributed by atoms with van der Waals surface area (Å²) in [5.74, 6) is -0.0837. The van der Waals surface area contributed by atoms with Gasteiger partial charge in [0.15, 0.2) is 0 Å². The summed E-state index contributed by atoms with van der Waals surface area (Å²) >= 11 is 3.26. The molecule has 0 aliphatic carbocycles. The van der Waals surface area contributed by atoms with Crippen LogP contribution in [0.4, 0.5) is 4.39 Å². The molecule has 4 nitrogen and oxygen atoms in total. The first-order valence-electron chi connectivity index (χ1n) is 7.65. The van der Waals surface area contributed by atoms with Crippen molar-refractivity contribution in [2.45, 2.75) is 13.0 Å². The number of ether oxygens (including phenoxy) is 1. The van der Waals surface area contributed by atoms with Crippen molar-refractivity contribution in [2.75, 3.05) is 13.1 Å². The zero-order valence-corrected chi connectivity index (χ0v) is 16.1. The summed E-state index contributed by atoms with van der Waals surface area (Å²) in [6.45, 7) is 2.91. The Balaban J connectivity index is 0.00000312. The van der Waals surface area contributed by atoms with Crippen LogP contribution < -0.4 is 15.8 Å². The summed E-state index contributed by atoms with van der Waals surface area (Å²) < 4.78 is 19.5. The number of amides is 1. The lowest BCUT2D eigenvalue weighted by molar-refractivity contribution is -0.128. The van der Waals surface area contributed by atoms with Crippen LogP contribution in [0.1, 0.15) is 18.6 Å². The van der Waals surface area contributed by atoms with Crippen LogP contribution in [-0.4, -0.2) is 19.0 Å². The molecule has 2 atom stereocenters. The minimum Gasteiger partial charge on any atom is -0.475 e. The molecule has 0 aromatic heterocycles. The first-order chi connectivity index (χ1) is 11.5. The SMILES string of the molecule is CC(CN)CNC(=O)C(Oc1ccc(F)cc1Br)c1ccccc1.Cl. The van der Waals surface area contributed by atoms with Gasteiger partial charge in [-0.3, -0.25) is 4.79 Å². The fourth-order valence-electron chi connectivity index (χ4n) is 2.05. The molecular weight excluding hydrogens is 411 g/mol. The van der Waals surface area contributed by atoms with Gasteiger partial charge in [0, 0.05) is 12.1 Å². The summed E-state index contributed by atoms with van der Waals surface area (Å²) in [7, 11) is 0. The van der Waals surface area contributed by atoms with Crippen LogP contribution in [0.2, 0.25) is 0 Å². The van der Waals surface area contributed by atoms with Crippen molar-refractivity contribution < 1.29 is 13.9 Å². The van der Waals surface area contributed by atoms with Crippen LogP contribution >= 0.6 is 28.3 Å². The van der Waals surface area contributed by atoms with E-state index in [0.717, 1.165) is 0 Å². The Bertz CT molecular complexity index is 688. The lowest BCUT2D eigenvalue weighted by Crippen LogP contribution is -2.36. The first-order valence-corrected chi connectivity index (χ1v) is 8.45. The first kappa shape index (κ1) is 21.4. The van der Waals surface area contributed by atoms with E-state index in [-0.39, 0.29) is 30.0 Å². The number of nitrogens with one attached hydrogen (secondary N) is 1. The average Bonchev–Trinajstić information content (AvgIpc) is 2.59. The van der Waals surface area contributed by atoms with E-state index in [1.54, 1.807) is 0 Å². The Morgan fingerprint density at radius 3 is 2.56 bits per heavy atom. The molecule has 3 N–H and O–H groups in total. The monoisotopic (exact) mass is 430 g/mol. The molecule has 0 saturated carbocycles. The van der Waals surface area contributed by atoms with Gasteiger partial charge in [-0.2, -0.15) is 0 Å². The van der Waals surface area contributed by atoms with E-state index in [0.29, 0.717) is 28.9 Å². The van der Waals surface area contributed by atoms with Gasteiger partial charge in [0.25, 0.3) is 5.91 Å². The molecule has 136 valence electrons. The zero-order valence-electron chi connectivity index (χ0n) is 13.7. The van der Waals surface area contributed by atoms with E-state index in [2.05, 4.69) is 21.2 Å². The van der Waals surface area contributed by atoms with Gasteiger partial charge >= 0.3 is 0 Å². The van der Waals surface area contributed by atoms with Crippen molar-refractivity contribution in [3.8, 4) is 5.75 Å². The third-order valence-corrected chi connectivity index (χ3v) is 4.13. The van der Waals surface area contributed by atoms with Gasteiger partial charge in [-0.15, -0.1) is 12.4 Å². The van der Waals surface area contributed by atoms with Crippen molar-refractivity contribution >= 4 is 34.2 Å². The van der Waals surface area contributed by atoms with E-state index in [1.165, 1.54) is 18.2 Å². The van der Waals surface area contributed by atoms with E-state index >= 15 is 0 Å². The maximum atomic E-state index is 13.2. The predicted molar refractivity (Wildman–Crippen MR) is 102 cm³/mol. The molecule has 7 heteroatoms. The molecule has 1 amide bonds. The van der Waals surface area contributed by atoms with Gasteiger partial charge in [0.1, 0.15) is 11.6 Å². The molecule has 2 aromatic rings. The summed E-state index contributed by atoms with van der Waals surface area (Å²) in [5.41, 5.74) is 6.29. The van der Waals surface area contributed by atoms with Gasteiger partial charge in [0.2, 0.25) is 6.10 Å². The zero-order chi connectivity index (χ0) is 17.5. The molecular formula is C18H21BrClFN2O2. The second kappa shape index (κ2) is 10.4. The largest absolute Gasteiger partial charge is 0.475 e. The van der Waals surface area contributed by atoms with Crippen molar-refractivity contribution in [1.82, 2.24) is 5.32 Å². The number of hydrogen-bond acceptors (Lipinski definition) is 3. The second-order valence-corrected chi connectivity index (χ2v) is 6.42. The van der Waals surface area contributed by atoms with Gasteiger partial charge in [0.05, 0.1) is 4.47 Å². The van der Waals surface area contributed by atoms with Crippen LogP contribution in [0.5, 0.6) is 5.75 Å². The number of carbonyl (C=O) groups is 1. The van der Waals surface area contributed by atoms with E-state index in [9.17, 15) is 9.18 Å². The quantitative estimate of drug-likeness (QED) is 0.700. The molecule has 0 radical (unpaired) electrons. The highest BCUT2D eigenvalue weighted by molar-refractivity contribution is 9.10. The minimum atomic E-state index is -0.835. The fourth-order valence-corrected chi connectivity index (χ4v) is 2.49.